The summed E-state index contributed by atoms with van der Waals surface area (Å²) in [6.45, 7) is 3.62. The van der Waals surface area contributed by atoms with E-state index >= 15 is 0 Å². The number of benzene rings is 2. The standard InChI is InChI=1S/C20H18N6O2S/c1-11(19(28)23-14-9-7-13(8-10-14)17(21)27)29-20-24-16-6-4-3-5-15(16)18-22-12(2)25-26(18)20/h3-11H,1-2H3,(H2,21,27)(H,23,28). The number of carbonyl (C=O) groups is 2. The van der Waals surface area contributed by atoms with Crippen LogP contribution in [0.25, 0.3) is 16.6 Å². The second kappa shape index (κ2) is 7.51. The van der Waals surface area contributed by atoms with Gasteiger partial charge in [0.15, 0.2) is 10.8 Å². The minimum absolute atomic E-state index is 0.193. The SMILES string of the molecule is Cc1nc2c3ccccc3nc(SC(C)C(=O)Nc3ccc(C(N)=O)cc3)n2n1. The molecule has 0 bridgehead atoms. The quantitative estimate of drug-likeness (QED) is 0.389. The summed E-state index contributed by atoms with van der Waals surface area (Å²) < 4.78 is 1.67. The monoisotopic (exact) mass is 406 g/mol. The number of nitrogens with zero attached hydrogens (tertiary/aromatic N) is 4. The van der Waals surface area contributed by atoms with Crippen molar-refractivity contribution >= 4 is 45.8 Å². The predicted molar refractivity (Wildman–Crippen MR) is 112 cm³/mol. The zero-order valence-corrected chi connectivity index (χ0v) is 16.6. The first-order valence-corrected chi connectivity index (χ1v) is 9.80. The third kappa shape index (κ3) is 3.77. The van der Waals surface area contributed by atoms with Gasteiger partial charge in [0.05, 0.1) is 10.8 Å². The van der Waals surface area contributed by atoms with Crippen LogP contribution in [0, 0.1) is 6.92 Å². The van der Waals surface area contributed by atoms with Gasteiger partial charge in [0.25, 0.3) is 0 Å². The number of hydrogen-bond acceptors (Lipinski definition) is 6. The van der Waals surface area contributed by atoms with E-state index < -0.39 is 11.2 Å². The van der Waals surface area contributed by atoms with Crippen LogP contribution in [0.3, 0.4) is 0 Å². The van der Waals surface area contributed by atoms with Gasteiger partial charge in [-0.25, -0.2) is 9.97 Å². The number of carbonyl (C=O) groups excluding carboxylic acids is 2. The second-order valence-corrected chi connectivity index (χ2v) is 7.80. The van der Waals surface area contributed by atoms with Crippen molar-refractivity contribution in [2.45, 2.75) is 24.3 Å². The minimum Gasteiger partial charge on any atom is -0.366 e. The predicted octanol–water partition coefficient (Wildman–Crippen LogP) is 2.80. The summed E-state index contributed by atoms with van der Waals surface area (Å²) in [4.78, 5) is 33.0. The van der Waals surface area contributed by atoms with Crippen LogP contribution >= 0.6 is 11.8 Å². The summed E-state index contributed by atoms with van der Waals surface area (Å²) >= 11 is 1.30. The van der Waals surface area contributed by atoms with E-state index in [1.165, 1.54) is 11.8 Å². The van der Waals surface area contributed by atoms with Crippen molar-refractivity contribution in [1.29, 1.82) is 0 Å². The molecule has 2 heterocycles. The van der Waals surface area contributed by atoms with Crippen molar-refractivity contribution < 1.29 is 9.59 Å². The van der Waals surface area contributed by atoms with Crippen LogP contribution in [0.5, 0.6) is 0 Å². The van der Waals surface area contributed by atoms with Crippen LogP contribution in [0.1, 0.15) is 23.1 Å². The second-order valence-electron chi connectivity index (χ2n) is 6.50. The fourth-order valence-corrected chi connectivity index (χ4v) is 3.74. The van der Waals surface area contributed by atoms with E-state index in [9.17, 15) is 9.59 Å². The first kappa shape index (κ1) is 18.9. The molecule has 2 aromatic carbocycles. The van der Waals surface area contributed by atoms with Gasteiger partial charge in [0, 0.05) is 16.6 Å². The summed E-state index contributed by atoms with van der Waals surface area (Å²) in [7, 11) is 0. The molecule has 1 unspecified atom stereocenters. The van der Waals surface area contributed by atoms with Crippen molar-refractivity contribution in [3.63, 3.8) is 0 Å². The van der Waals surface area contributed by atoms with E-state index in [2.05, 4.69) is 20.4 Å². The lowest BCUT2D eigenvalue weighted by Crippen LogP contribution is -2.23. The third-order valence-electron chi connectivity index (χ3n) is 4.34. The average molecular weight is 406 g/mol. The number of nitrogens with two attached hydrogens (primary N) is 1. The Morgan fingerprint density at radius 2 is 1.83 bits per heavy atom. The molecule has 2 amide bonds. The van der Waals surface area contributed by atoms with E-state index in [4.69, 9.17) is 5.73 Å². The summed E-state index contributed by atoms with van der Waals surface area (Å²) in [5, 5.41) is 8.32. The molecule has 8 nitrogen and oxygen atoms in total. The smallest absolute Gasteiger partial charge is 0.248 e. The molecule has 0 aliphatic carbocycles. The van der Waals surface area contributed by atoms with Crippen molar-refractivity contribution in [2.75, 3.05) is 5.32 Å². The average Bonchev–Trinajstić information content (AvgIpc) is 3.10. The van der Waals surface area contributed by atoms with Gasteiger partial charge in [-0.1, -0.05) is 23.9 Å². The number of para-hydroxylation sites is 1. The summed E-state index contributed by atoms with van der Waals surface area (Å²) in [5.41, 5.74) is 7.71. The van der Waals surface area contributed by atoms with E-state index in [0.29, 0.717) is 27.9 Å². The van der Waals surface area contributed by atoms with Crippen LogP contribution in [0.2, 0.25) is 0 Å². The van der Waals surface area contributed by atoms with Gasteiger partial charge in [0.1, 0.15) is 5.82 Å². The highest BCUT2D eigenvalue weighted by molar-refractivity contribution is 8.00. The number of anilines is 1. The number of rotatable bonds is 5. The zero-order valence-electron chi connectivity index (χ0n) is 15.8. The molecule has 3 N–H and O–H groups in total. The summed E-state index contributed by atoms with van der Waals surface area (Å²) in [6, 6.07) is 14.1. The highest BCUT2D eigenvalue weighted by atomic mass is 32.2. The third-order valence-corrected chi connectivity index (χ3v) is 5.39. The first-order valence-electron chi connectivity index (χ1n) is 8.92. The van der Waals surface area contributed by atoms with Crippen molar-refractivity contribution in [1.82, 2.24) is 19.6 Å². The number of aromatic nitrogens is 4. The number of amides is 2. The van der Waals surface area contributed by atoms with Gasteiger partial charge in [-0.3, -0.25) is 9.59 Å². The molecule has 0 radical (unpaired) electrons. The van der Waals surface area contributed by atoms with Crippen molar-refractivity contribution in [3.05, 3.63) is 59.9 Å². The van der Waals surface area contributed by atoms with Crippen molar-refractivity contribution in [2.24, 2.45) is 5.73 Å². The van der Waals surface area contributed by atoms with Gasteiger partial charge < -0.3 is 11.1 Å². The summed E-state index contributed by atoms with van der Waals surface area (Å²) in [6.07, 6.45) is 0. The number of aryl methyl sites for hydroxylation is 1. The molecule has 1 atom stereocenters. The highest BCUT2D eigenvalue weighted by Crippen LogP contribution is 2.27. The lowest BCUT2D eigenvalue weighted by Gasteiger charge is -2.13. The van der Waals surface area contributed by atoms with Crippen LogP contribution in [0.15, 0.2) is 53.7 Å². The molecule has 146 valence electrons. The Morgan fingerprint density at radius 1 is 1.10 bits per heavy atom. The van der Waals surface area contributed by atoms with E-state index in [1.54, 1.807) is 35.7 Å². The fraction of sp³-hybridized carbons (Fsp3) is 0.150. The Hall–Kier alpha value is -3.46. The first-order chi connectivity index (χ1) is 13.9. The molecule has 2 aromatic heterocycles. The van der Waals surface area contributed by atoms with Crippen LogP contribution < -0.4 is 11.1 Å². The number of primary amides is 1. The van der Waals surface area contributed by atoms with Crippen LogP contribution in [0.4, 0.5) is 5.69 Å². The zero-order chi connectivity index (χ0) is 20.5. The normalized spacial score (nSPS) is 12.2. The van der Waals surface area contributed by atoms with Crippen molar-refractivity contribution in [3.8, 4) is 0 Å². The van der Waals surface area contributed by atoms with E-state index in [0.717, 1.165) is 10.9 Å². The van der Waals surface area contributed by atoms with Crippen LogP contribution in [-0.4, -0.2) is 36.6 Å². The Balaban J connectivity index is 1.58. The number of thioether (sulfide) groups is 1. The molecular weight excluding hydrogens is 388 g/mol. The van der Waals surface area contributed by atoms with Crippen LogP contribution in [-0.2, 0) is 4.79 Å². The number of hydrogen-bond donors (Lipinski definition) is 2. The molecular formula is C20H18N6O2S. The Labute approximate surface area is 170 Å². The lowest BCUT2D eigenvalue weighted by atomic mass is 10.2. The van der Waals surface area contributed by atoms with Gasteiger partial charge in [-0.05, 0) is 50.2 Å². The molecule has 0 saturated carbocycles. The molecule has 0 saturated heterocycles. The molecule has 4 rings (SSSR count). The van der Waals surface area contributed by atoms with Gasteiger partial charge in [-0.15, -0.1) is 5.10 Å². The Kier molecular flexibility index (Phi) is 4.89. The molecule has 0 spiro atoms. The maximum atomic E-state index is 12.6. The van der Waals surface area contributed by atoms with E-state index in [-0.39, 0.29) is 5.91 Å². The number of fused-ring (bicyclic) bond motifs is 3. The Bertz CT molecular complexity index is 1240. The molecule has 29 heavy (non-hydrogen) atoms. The highest BCUT2D eigenvalue weighted by Gasteiger charge is 2.20. The largest absolute Gasteiger partial charge is 0.366 e. The molecule has 0 fully saturated rings. The number of nitrogens with one attached hydrogen (secondary N) is 1. The molecule has 4 aromatic rings. The molecule has 0 aliphatic heterocycles. The van der Waals surface area contributed by atoms with Gasteiger partial charge >= 0.3 is 0 Å². The minimum atomic E-state index is -0.513. The molecule has 9 heteroatoms. The van der Waals surface area contributed by atoms with Gasteiger partial charge in [-0.2, -0.15) is 4.52 Å². The molecule has 0 aliphatic rings. The lowest BCUT2D eigenvalue weighted by molar-refractivity contribution is -0.115. The Morgan fingerprint density at radius 3 is 2.55 bits per heavy atom. The topological polar surface area (TPSA) is 115 Å². The maximum absolute atomic E-state index is 12.6. The summed E-state index contributed by atoms with van der Waals surface area (Å²) in [5.74, 6) is -0.0697. The van der Waals surface area contributed by atoms with E-state index in [1.807, 2.05) is 31.2 Å². The maximum Gasteiger partial charge on any atom is 0.248 e. The fourth-order valence-electron chi connectivity index (χ4n) is 2.88. The van der Waals surface area contributed by atoms with Gasteiger partial charge in [0.2, 0.25) is 11.8 Å².